The first-order chi connectivity index (χ1) is 14.8. The summed E-state index contributed by atoms with van der Waals surface area (Å²) in [5.41, 5.74) is 2.63. The van der Waals surface area contributed by atoms with E-state index >= 15 is 0 Å². The van der Waals surface area contributed by atoms with Gasteiger partial charge < -0.3 is 4.74 Å². The smallest absolute Gasteiger partial charge is 0.422 e. The summed E-state index contributed by atoms with van der Waals surface area (Å²) in [6.45, 7) is 2.24. The van der Waals surface area contributed by atoms with E-state index in [2.05, 4.69) is 11.7 Å². The minimum absolute atomic E-state index is 0.499. The van der Waals surface area contributed by atoms with Gasteiger partial charge in [-0.05, 0) is 53.5 Å². The SMILES string of the molecule is CC1CCC(c2ccc(-c3ccc(OC(=O)C(F)(F)C(F)(F)C(F)(F)F)cc3)cc2)CC1. The van der Waals surface area contributed by atoms with Crippen LogP contribution in [0.3, 0.4) is 0 Å². The monoisotopic (exact) mass is 462 g/mol. The van der Waals surface area contributed by atoms with Crippen LogP contribution < -0.4 is 4.74 Å². The molecule has 9 heteroatoms. The van der Waals surface area contributed by atoms with E-state index in [0.29, 0.717) is 11.5 Å². The lowest BCUT2D eigenvalue weighted by molar-refractivity contribution is -0.346. The number of carbonyl (C=O) groups is 1. The summed E-state index contributed by atoms with van der Waals surface area (Å²) in [5, 5.41) is 0. The second kappa shape index (κ2) is 8.75. The van der Waals surface area contributed by atoms with Gasteiger partial charge in [-0.2, -0.15) is 30.7 Å². The zero-order valence-corrected chi connectivity index (χ0v) is 17.1. The maximum atomic E-state index is 13.4. The Bertz CT molecular complexity index is 926. The van der Waals surface area contributed by atoms with Gasteiger partial charge in [-0.15, -0.1) is 0 Å². The molecule has 2 aromatic rings. The molecule has 0 saturated heterocycles. The number of hydrogen-bond acceptors (Lipinski definition) is 2. The van der Waals surface area contributed by atoms with Crippen molar-refractivity contribution < 1.29 is 40.3 Å². The number of alkyl halides is 7. The van der Waals surface area contributed by atoms with Crippen LogP contribution in [-0.2, 0) is 4.79 Å². The Morgan fingerprint density at radius 2 is 1.25 bits per heavy atom. The van der Waals surface area contributed by atoms with Crippen LogP contribution in [0.15, 0.2) is 48.5 Å². The lowest BCUT2D eigenvalue weighted by Gasteiger charge is -2.26. The summed E-state index contributed by atoms with van der Waals surface area (Å²) in [6.07, 6.45) is -2.00. The Hall–Kier alpha value is -2.58. The fraction of sp³-hybridized carbons (Fsp3) is 0.435. The first-order valence-corrected chi connectivity index (χ1v) is 10.1. The predicted molar refractivity (Wildman–Crippen MR) is 104 cm³/mol. The lowest BCUT2D eigenvalue weighted by atomic mass is 9.79. The summed E-state index contributed by atoms with van der Waals surface area (Å²) in [5.74, 6) is -15.0. The highest BCUT2D eigenvalue weighted by Gasteiger charge is 2.77. The van der Waals surface area contributed by atoms with Crippen LogP contribution in [0.2, 0.25) is 0 Å². The van der Waals surface area contributed by atoms with Gasteiger partial charge in [0.15, 0.2) is 0 Å². The molecule has 0 atom stereocenters. The minimum atomic E-state index is -6.61. The van der Waals surface area contributed by atoms with Gasteiger partial charge in [0, 0.05) is 0 Å². The summed E-state index contributed by atoms with van der Waals surface area (Å²) in [7, 11) is 0. The van der Waals surface area contributed by atoms with Gasteiger partial charge >= 0.3 is 24.0 Å². The highest BCUT2D eigenvalue weighted by atomic mass is 19.4. The molecule has 0 aliphatic heterocycles. The number of esters is 1. The van der Waals surface area contributed by atoms with Crippen molar-refractivity contribution >= 4 is 5.97 Å². The number of ether oxygens (including phenoxy) is 1. The summed E-state index contributed by atoms with van der Waals surface area (Å²) < 4.78 is 93.4. The van der Waals surface area contributed by atoms with Crippen LogP contribution in [0.25, 0.3) is 11.1 Å². The Labute approximate surface area is 180 Å². The second-order valence-corrected chi connectivity index (χ2v) is 8.14. The third-order valence-corrected chi connectivity index (χ3v) is 5.80. The van der Waals surface area contributed by atoms with E-state index in [1.807, 2.05) is 24.3 Å². The third-order valence-electron chi connectivity index (χ3n) is 5.80. The van der Waals surface area contributed by atoms with Gasteiger partial charge in [-0.3, -0.25) is 0 Å². The lowest BCUT2D eigenvalue weighted by Crippen LogP contribution is -2.57. The standard InChI is InChI=1S/C23H21F7O2/c1-14-2-4-15(5-3-14)16-6-8-17(9-7-16)18-10-12-19(13-11-18)32-20(31)21(24,25)22(26,27)23(28,29)30/h6-15H,2-5H2,1H3. The number of halogens is 7. The van der Waals surface area contributed by atoms with E-state index in [0.717, 1.165) is 36.5 Å². The molecule has 3 rings (SSSR count). The van der Waals surface area contributed by atoms with Crippen LogP contribution in [0.4, 0.5) is 30.7 Å². The molecule has 0 unspecified atom stereocenters. The molecule has 0 radical (unpaired) electrons. The predicted octanol–water partition coefficient (Wildman–Crippen LogP) is 7.39. The van der Waals surface area contributed by atoms with E-state index in [-0.39, 0.29) is 0 Å². The van der Waals surface area contributed by atoms with Crippen molar-refractivity contribution in [2.75, 3.05) is 0 Å². The highest BCUT2D eigenvalue weighted by Crippen LogP contribution is 2.47. The van der Waals surface area contributed by atoms with Crippen molar-refractivity contribution in [1.82, 2.24) is 0 Å². The average Bonchev–Trinajstić information content (AvgIpc) is 2.74. The number of benzene rings is 2. The van der Waals surface area contributed by atoms with E-state index in [1.54, 1.807) is 0 Å². The minimum Gasteiger partial charge on any atom is -0.422 e. The molecular formula is C23H21F7O2. The van der Waals surface area contributed by atoms with Crippen LogP contribution in [-0.4, -0.2) is 24.0 Å². The Kier molecular flexibility index (Phi) is 6.58. The quantitative estimate of drug-likeness (QED) is 0.263. The maximum Gasteiger partial charge on any atom is 0.460 e. The largest absolute Gasteiger partial charge is 0.460 e. The summed E-state index contributed by atoms with van der Waals surface area (Å²) in [4.78, 5) is 11.3. The Morgan fingerprint density at radius 1 is 0.781 bits per heavy atom. The first kappa shape index (κ1) is 24.1. The third kappa shape index (κ3) is 4.76. The molecule has 1 saturated carbocycles. The molecule has 0 heterocycles. The van der Waals surface area contributed by atoms with Crippen LogP contribution in [0.1, 0.15) is 44.1 Å². The van der Waals surface area contributed by atoms with Crippen molar-refractivity contribution in [3.05, 3.63) is 54.1 Å². The van der Waals surface area contributed by atoms with Gasteiger partial charge in [0.05, 0.1) is 0 Å². The molecule has 0 amide bonds. The van der Waals surface area contributed by atoms with E-state index < -0.39 is 29.7 Å². The fourth-order valence-corrected chi connectivity index (χ4v) is 3.73. The highest BCUT2D eigenvalue weighted by molar-refractivity contribution is 5.81. The molecule has 32 heavy (non-hydrogen) atoms. The Balaban J connectivity index is 1.68. The topological polar surface area (TPSA) is 26.3 Å². The number of carbonyl (C=O) groups excluding carboxylic acids is 1. The summed E-state index contributed by atoms with van der Waals surface area (Å²) in [6, 6.07) is 12.6. The molecule has 174 valence electrons. The number of hydrogen-bond donors (Lipinski definition) is 0. The molecule has 1 aliphatic rings. The van der Waals surface area contributed by atoms with Gasteiger partial charge in [0.25, 0.3) is 0 Å². The van der Waals surface area contributed by atoms with Crippen molar-refractivity contribution in [2.24, 2.45) is 5.92 Å². The molecular weight excluding hydrogens is 441 g/mol. The zero-order chi connectivity index (χ0) is 23.7. The molecule has 0 bridgehead atoms. The maximum absolute atomic E-state index is 13.4. The van der Waals surface area contributed by atoms with E-state index in [1.165, 1.54) is 30.5 Å². The van der Waals surface area contributed by atoms with Gasteiger partial charge in [-0.1, -0.05) is 56.2 Å². The molecule has 1 aliphatic carbocycles. The van der Waals surface area contributed by atoms with Gasteiger partial charge in [0.2, 0.25) is 0 Å². The first-order valence-electron chi connectivity index (χ1n) is 10.1. The molecule has 0 N–H and O–H groups in total. The van der Waals surface area contributed by atoms with Gasteiger partial charge in [0.1, 0.15) is 5.75 Å². The van der Waals surface area contributed by atoms with Crippen LogP contribution in [0, 0.1) is 5.92 Å². The number of rotatable bonds is 5. The van der Waals surface area contributed by atoms with Crippen LogP contribution in [0.5, 0.6) is 5.75 Å². The van der Waals surface area contributed by atoms with Crippen molar-refractivity contribution in [3.8, 4) is 16.9 Å². The van der Waals surface area contributed by atoms with E-state index in [9.17, 15) is 35.5 Å². The van der Waals surface area contributed by atoms with Gasteiger partial charge in [-0.25, -0.2) is 4.79 Å². The second-order valence-electron chi connectivity index (χ2n) is 8.14. The van der Waals surface area contributed by atoms with E-state index in [4.69, 9.17) is 0 Å². The normalized spacial score (nSPS) is 20.1. The summed E-state index contributed by atoms with van der Waals surface area (Å²) >= 11 is 0. The molecule has 2 aromatic carbocycles. The fourth-order valence-electron chi connectivity index (χ4n) is 3.73. The molecule has 0 spiro atoms. The average molecular weight is 462 g/mol. The molecule has 1 fully saturated rings. The van der Waals surface area contributed by atoms with Crippen LogP contribution >= 0.6 is 0 Å². The van der Waals surface area contributed by atoms with Crippen molar-refractivity contribution in [3.63, 3.8) is 0 Å². The Morgan fingerprint density at radius 3 is 1.72 bits per heavy atom. The van der Waals surface area contributed by atoms with Crippen molar-refractivity contribution in [1.29, 1.82) is 0 Å². The van der Waals surface area contributed by atoms with Crippen molar-refractivity contribution in [2.45, 2.75) is 56.5 Å². The molecule has 2 nitrogen and oxygen atoms in total. The zero-order valence-electron chi connectivity index (χ0n) is 17.1. The molecule has 0 aromatic heterocycles.